The van der Waals surface area contributed by atoms with Gasteiger partial charge in [-0.05, 0) is 36.8 Å². The van der Waals surface area contributed by atoms with E-state index in [1.54, 1.807) is 13.3 Å². The minimum absolute atomic E-state index is 0.207. The Balaban J connectivity index is 2.05. The number of ether oxygens (including phenoxy) is 1. The number of nitrogens with one attached hydrogen (secondary N) is 1. The predicted octanol–water partition coefficient (Wildman–Crippen LogP) is 4.03. The van der Waals surface area contributed by atoms with E-state index in [0.717, 1.165) is 16.0 Å². The Labute approximate surface area is 115 Å². The summed E-state index contributed by atoms with van der Waals surface area (Å²) in [4.78, 5) is 4.29. The van der Waals surface area contributed by atoms with Crippen LogP contribution < -0.4 is 10.1 Å². The summed E-state index contributed by atoms with van der Waals surface area (Å²) in [6, 6.07) is 12.3. The molecule has 3 nitrogen and oxygen atoms in total. The first-order valence-corrected chi connectivity index (χ1v) is 6.50. The fourth-order valence-corrected chi connectivity index (χ4v) is 1.91. The number of methoxy groups -OCH3 is 1. The van der Waals surface area contributed by atoms with E-state index < -0.39 is 0 Å². The molecule has 0 radical (unpaired) electrons. The molecule has 0 saturated heterocycles. The summed E-state index contributed by atoms with van der Waals surface area (Å²) in [6.45, 7) is 2.11. The number of hydrogen-bond acceptors (Lipinski definition) is 3. The van der Waals surface area contributed by atoms with Crippen LogP contribution in [0.2, 0.25) is 0 Å². The fourth-order valence-electron chi connectivity index (χ4n) is 1.64. The van der Waals surface area contributed by atoms with Crippen molar-refractivity contribution < 1.29 is 4.74 Å². The van der Waals surface area contributed by atoms with Crippen molar-refractivity contribution in [2.24, 2.45) is 0 Å². The van der Waals surface area contributed by atoms with E-state index in [4.69, 9.17) is 4.74 Å². The standard InChI is InChI=1S/C14H15BrN2O/c1-10(11-3-5-12(15)6-4-11)17-14-8-7-13(18-2)9-16-14/h3-10H,1-2H3,(H,16,17). The second-order valence-electron chi connectivity index (χ2n) is 4.00. The summed E-state index contributed by atoms with van der Waals surface area (Å²) in [7, 11) is 1.63. The first-order valence-electron chi connectivity index (χ1n) is 5.71. The summed E-state index contributed by atoms with van der Waals surface area (Å²) in [5.74, 6) is 1.60. The molecule has 0 amide bonds. The molecule has 1 heterocycles. The molecule has 0 saturated carbocycles. The maximum absolute atomic E-state index is 5.08. The molecule has 2 rings (SSSR count). The van der Waals surface area contributed by atoms with Crippen molar-refractivity contribution in [1.82, 2.24) is 4.98 Å². The zero-order valence-corrected chi connectivity index (χ0v) is 11.9. The van der Waals surface area contributed by atoms with Gasteiger partial charge in [-0.3, -0.25) is 0 Å². The van der Waals surface area contributed by atoms with E-state index in [1.807, 2.05) is 24.3 Å². The topological polar surface area (TPSA) is 34.1 Å². The zero-order chi connectivity index (χ0) is 13.0. The molecule has 0 bridgehead atoms. The zero-order valence-electron chi connectivity index (χ0n) is 10.4. The lowest BCUT2D eigenvalue weighted by molar-refractivity contribution is 0.413. The highest BCUT2D eigenvalue weighted by atomic mass is 79.9. The third kappa shape index (κ3) is 3.23. The van der Waals surface area contributed by atoms with Gasteiger partial charge in [0, 0.05) is 10.5 Å². The molecule has 0 spiro atoms. The van der Waals surface area contributed by atoms with E-state index in [-0.39, 0.29) is 6.04 Å². The van der Waals surface area contributed by atoms with Crippen LogP contribution in [0, 0.1) is 0 Å². The van der Waals surface area contributed by atoms with Gasteiger partial charge >= 0.3 is 0 Å². The van der Waals surface area contributed by atoms with Crippen molar-refractivity contribution in [1.29, 1.82) is 0 Å². The summed E-state index contributed by atoms with van der Waals surface area (Å²) in [6.07, 6.45) is 1.70. The minimum atomic E-state index is 0.207. The van der Waals surface area contributed by atoms with E-state index >= 15 is 0 Å². The van der Waals surface area contributed by atoms with Crippen LogP contribution in [0.15, 0.2) is 47.1 Å². The Morgan fingerprint density at radius 2 is 1.89 bits per heavy atom. The second-order valence-corrected chi connectivity index (χ2v) is 4.92. The van der Waals surface area contributed by atoms with Gasteiger partial charge in [0.2, 0.25) is 0 Å². The SMILES string of the molecule is COc1ccc(NC(C)c2ccc(Br)cc2)nc1. The number of halogens is 1. The number of nitrogens with zero attached hydrogens (tertiary/aromatic N) is 1. The number of anilines is 1. The van der Waals surface area contributed by atoms with E-state index in [2.05, 4.69) is 45.3 Å². The maximum Gasteiger partial charge on any atom is 0.137 e. The van der Waals surface area contributed by atoms with Gasteiger partial charge in [-0.2, -0.15) is 0 Å². The third-order valence-corrected chi connectivity index (χ3v) is 3.24. The smallest absolute Gasteiger partial charge is 0.137 e. The lowest BCUT2D eigenvalue weighted by Gasteiger charge is -2.15. The lowest BCUT2D eigenvalue weighted by Crippen LogP contribution is -2.07. The number of benzene rings is 1. The van der Waals surface area contributed by atoms with Crippen LogP contribution in [0.5, 0.6) is 5.75 Å². The van der Waals surface area contributed by atoms with Crippen molar-refractivity contribution >= 4 is 21.7 Å². The summed E-state index contributed by atoms with van der Waals surface area (Å²) < 4.78 is 6.16. The van der Waals surface area contributed by atoms with Crippen LogP contribution in [0.3, 0.4) is 0 Å². The highest BCUT2D eigenvalue weighted by Gasteiger charge is 2.05. The molecule has 1 atom stereocenters. The van der Waals surface area contributed by atoms with Crippen molar-refractivity contribution in [2.75, 3.05) is 12.4 Å². The minimum Gasteiger partial charge on any atom is -0.495 e. The molecule has 0 aliphatic carbocycles. The molecular weight excluding hydrogens is 292 g/mol. The third-order valence-electron chi connectivity index (χ3n) is 2.71. The van der Waals surface area contributed by atoms with Crippen LogP contribution in [0.1, 0.15) is 18.5 Å². The van der Waals surface area contributed by atoms with E-state index in [0.29, 0.717) is 0 Å². The molecule has 18 heavy (non-hydrogen) atoms. The molecule has 1 unspecified atom stereocenters. The van der Waals surface area contributed by atoms with E-state index in [1.165, 1.54) is 5.56 Å². The van der Waals surface area contributed by atoms with Crippen LogP contribution in [0.25, 0.3) is 0 Å². The number of rotatable bonds is 4. The van der Waals surface area contributed by atoms with Crippen molar-refractivity contribution in [3.05, 3.63) is 52.6 Å². The Bertz CT molecular complexity index is 496. The normalized spacial score (nSPS) is 11.9. The molecule has 0 aliphatic rings. The van der Waals surface area contributed by atoms with Gasteiger partial charge in [-0.15, -0.1) is 0 Å². The molecular formula is C14H15BrN2O. The molecule has 1 aromatic carbocycles. The summed E-state index contributed by atoms with van der Waals surface area (Å²) in [5, 5.41) is 3.35. The monoisotopic (exact) mass is 306 g/mol. The van der Waals surface area contributed by atoms with Crippen LogP contribution in [-0.2, 0) is 0 Å². The number of hydrogen-bond donors (Lipinski definition) is 1. The van der Waals surface area contributed by atoms with Gasteiger partial charge in [0.25, 0.3) is 0 Å². The van der Waals surface area contributed by atoms with Crippen molar-refractivity contribution in [3.63, 3.8) is 0 Å². The molecule has 4 heteroatoms. The molecule has 1 aromatic heterocycles. The Kier molecular flexibility index (Phi) is 4.20. The molecule has 0 fully saturated rings. The molecule has 94 valence electrons. The molecule has 2 aromatic rings. The average molecular weight is 307 g/mol. The quantitative estimate of drug-likeness (QED) is 0.926. The average Bonchev–Trinajstić information content (AvgIpc) is 2.40. The van der Waals surface area contributed by atoms with Gasteiger partial charge in [-0.25, -0.2) is 4.98 Å². The maximum atomic E-state index is 5.08. The van der Waals surface area contributed by atoms with Crippen LogP contribution in [0.4, 0.5) is 5.82 Å². The highest BCUT2D eigenvalue weighted by molar-refractivity contribution is 9.10. The summed E-state index contributed by atoms with van der Waals surface area (Å²) >= 11 is 3.43. The van der Waals surface area contributed by atoms with Crippen LogP contribution >= 0.6 is 15.9 Å². The Morgan fingerprint density at radius 1 is 1.17 bits per heavy atom. The van der Waals surface area contributed by atoms with Gasteiger partial charge in [0.15, 0.2) is 0 Å². The molecule has 1 N–H and O–H groups in total. The second kappa shape index (κ2) is 5.87. The van der Waals surface area contributed by atoms with Gasteiger partial charge in [-0.1, -0.05) is 28.1 Å². The van der Waals surface area contributed by atoms with Gasteiger partial charge < -0.3 is 10.1 Å². The summed E-state index contributed by atoms with van der Waals surface area (Å²) in [5.41, 5.74) is 1.22. The fraction of sp³-hybridized carbons (Fsp3) is 0.214. The van der Waals surface area contributed by atoms with Gasteiger partial charge in [0.05, 0.1) is 13.3 Å². The first-order chi connectivity index (χ1) is 8.69. The Hall–Kier alpha value is -1.55. The van der Waals surface area contributed by atoms with E-state index in [9.17, 15) is 0 Å². The van der Waals surface area contributed by atoms with Crippen molar-refractivity contribution in [3.8, 4) is 5.75 Å². The highest BCUT2D eigenvalue weighted by Crippen LogP contribution is 2.21. The predicted molar refractivity (Wildman–Crippen MR) is 77.0 cm³/mol. The number of aromatic nitrogens is 1. The number of pyridine rings is 1. The molecule has 0 aliphatic heterocycles. The Morgan fingerprint density at radius 3 is 2.44 bits per heavy atom. The first kappa shape index (κ1) is 12.9. The lowest BCUT2D eigenvalue weighted by atomic mass is 10.1. The van der Waals surface area contributed by atoms with Crippen LogP contribution in [-0.4, -0.2) is 12.1 Å². The van der Waals surface area contributed by atoms with Crippen molar-refractivity contribution in [2.45, 2.75) is 13.0 Å². The van der Waals surface area contributed by atoms with Gasteiger partial charge in [0.1, 0.15) is 11.6 Å². The largest absolute Gasteiger partial charge is 0.495 e.